The molecule has 7 nitrogen and oxygen atoms in total. The van der Waals surface area contributed by atoms with Crippen molar-refractivity contribution in [3.05, 3.63) is 35.0 Å². The van der Waals surface area contributed by atoms with Gasteiger partial charge >= 0.3 is 0 Å². The van der Waals surface area contributed by atoms with Crippen LogP contribution in [-0.4, -0.2) is 64.8 Å². The molecule has 25 heavy (non-hydrogen) atoms. The molecule has 0 aromatic carbocycles. The average Bonchev–Trinajstić information content (AvgIpc) is 3.18. The van der Waals surface area contributed by atoms with Crippen molar-refractivity contribution in [2.45, 2.75) is 13.3 Å². The summed E-state index contributed by atoms with van der Waals surface area (Å²) in [6, 6.07) is 5.96. The Kier molecular flexibility index (Phi) is 4.39. The summed E-state index contributed by atoms with van der Waals surface area (Å²) in [4.78, 5) is 22.4. The SMILES string of the molecule is Cc1snnc1C(=O)N1CCOC[C@@]2(CCN(c3ccccn3)C2)C1. The zero-order chi connectivity index (χ0) is 17.3. The summed E-state index contributed by atoms with van der Waals surface area (Å²) in [6.45, 7) is 6.19. The summed E-state index contributed by atoms with van der Waals surface area (Å²) >= 11 is 1.27. The number of carbonyl (C=O) groups excluding carboxylic acids is 1. The van der Waals surface area contributed by atoms with Crippen LogP contribution in [0.5, 0.6) is 0 Å². The summed E-state index contributed by atoms with van der Waals surface area (Å²) in [5, 5.41) is 4.02. The summed E-state index contributed by atoms with van der Waals surface area (Å²) in [5.41, 5.74) is 0.419. The van der Waals surface area contributed by atoms with Crippen LogP contribution in [-0.2, 0) is 4.74 Å². The van der Waals surface area contributed by atoms with Crippen molar-refractivity contribution in [2.75, 3.05) is 44.3 Å². The van der Waals surface area contributed by atoms with Crippen LogP contribution in [0.25, 0.3) is 0 Å². The summed E-state index contributed by atoms with van der Waals surface area (Å²) in [7, 11) is 0. The molecule has 132 valence electrons. The molecular weight excluding hydrogens is 338 g/mol. The first-order chi connectivity index (χ1) is 12.2. The van der Waals surface area contributed by atoms with E-state index in [2.05, 4.69) is 19.5 Å². The van der Waals surface area contributed by atoms with Crippen molar-refractivity contribution < 1.29 is 9.53 Å². The second-order valence-electron chi connectivity index (χ2n) is 6.82. The van der Waals surface area contributed by atoms with E-state index >= 15 is 0 Å². The Bertz CT molecular complexity index is 753. The van der Waals surface area contributed by atoms with E-state index in [1.165, 1.54) is 11.5 Å². The number of pyridine rings is 1. The maximum atomic E-state index is 12.9. The molecule has 0 saturated carbocycles. The van der Waals surface area contributed by atoms with Gasteiger partial charge in [-0.25, -0.2) is 4.98 Å². The fraction of sp³-hybridized carbons (Fsp3) is 0.529. The standard InChI is InChI=1S/C17H21N5O2S/c1-13-15(19-20-25-13)16(23)22-8-9-24-12-17(11-22)5-7-21(10-17)14-4-2-3-6-18-14/h2-4,6H,5,7-12H2,1H3/t17-/m1/s1. The second kappa shape index (κ2) is 6.68. The maximum Gasteiger partial charge on any atom is 0.275 e. The van der Waals surface area contributed by atoms with Gasteiger partial charge in [0.25, 0.3) is 5.91 Å². The Hall–Kier alpha value is -2.06. The van der Waals surface area contributed by atoms with Crippen molar-refractivity contribution >= 4 is 23.3 Å². The summed E-state index contributed by atoms with van der Waals surface area (Å²) in [5.74, 6) is 0.952. The number of amides is 1. The molecule has 2 aromatic heterocycles. The predicted molar refractivity (Wildman–Crippen MR) is 94.9 cm³/mol. The molecule has 1 atom stereocenters. The summed E-state index contributed by atoms with van der Waals surface area (Å²) < 4.78 is 9.77. The van der Waals surface area contributed by atoms with Crippen molar-refractivity contribution in [3.63, 3.8) is 0 Å². The number of ether oxygens (including phenoxy) is 1. The first kappa shape index (κ1) is 16.4. The Morgan fingerprint density at radius 2 is 2.24 bits per heavy atom. The number of aromatic nitrogens is 3. The molecule has 2 aliphatic heterocycles. The normalized spacial score (nSPS) is 23.9. The smallest absolute Gasteiger partial charge is 0.275 e. The third-order valence-corrected chi connectivity index (χ3v) is 5.62. The van der Waals surface area contributed by atoms with Gasteiger partial charge in [0.05, 0.1) is 18.1 Å². The molecule has 0 N–H and O–H groups in total. The molecule has 2 fully saturated rings. The van der Waals surface area contributed by atoms with Gasteiger partial charge in [0.2, 0.25) is 0 Å². The van der Waals surface area contributed by atoms with E-state index in [-0.39, 0.29) is 11.3 Å². The van der Waals surface area contributed by atoms with Crippen LogP contribution in [0.4, 0.5) is 5.82 Å². The van der Waals surface area contributed by atoms with Crippen LogP contribution < -0.4 is 4.90 Å². The molecule has 1 spiro atoms. The number of aryl methyl sites for hydroxylation is 1. The Labute approximate surface area is 150 Å². The third kappa shape index (κ3) is 3.23. The van der Waals surface area contributed by atoms with Crippen LogP contribution in [0.2, 0.25) is 0 Å². The van der Waals surface area contributed by atoms with Gasteiger partial charge in [-0.2, -0.15) is 0 Å². The first-order valence-corrected chi connectivity index (χ1v) is 9.26. The molecule has 2 saturated heterocycles. The fourth-order valence-corrected chi connectivity index (χ4v) is 4.12. The van der Waals surface area contributed by atoms with Crippen molar-refractivity contribution in [3.8, 4) is 0 Å². The van der Waals surface area contributed by atoms with Gasteiger partial charge in [-0.3, -0.25) is 4.79 Å². The monoisotopic (exact) mass is 359 g/mol. The minimum atomic E-state index is -0.0545. The molecule has 8 heteroatoms. The number of rotatable bonds is 2. The van der Waals surface area contributed by atoms with Gasteiger partial charge in [0.1, 0.15) is 5.82 Å². The van der Waals surface area contributed by atoms with E-state index in [1.807, 2.05) is 36.2 Å². The lowest BCUT2D eigenvalue weighted by atomic mass is 9.87. The molecule has 0 radical (unpaired) electrons. The average molecular weight is 359 g/mol. The van der Waals surface area contributed by atoms with Crippen molar-refractivity contribution in [1.29, 1.82) is 0 Å². The van der Waals surface area contributed by atoms with Crippen molar-refractivity contribution in [2.24, 2.45) is 5.41 Å². The van der Waals surface area contributed by atoms with Gasteiger partial charge in [-0.15, -0.1) is 5.10 Å². The fourth-order valence-electron chi connectivity index (χ4n) is 3.66. The second-order valence-corrected chi connectivity index (χ2v) is 7.77. The van der Waals surface area contributed by atoms with E-state index in [9.17, 15) is 4.79 Å². The van der Waals surface area contributed by atoms with Gasteiger partial charge in [-0.1, -0.05) is 10.6 Å². The van der Waals surface area contributed by atoms with Crippen LogP contribution in [0.3, 0.4) is 0 Å². The Morgan fingerprint density at radius 1 is 1.32 bits per heavy atom. The number of carbonyl (C=O) groups is 1. The zero-order valence-electron chi connectivity index (χ0n) is 14.2. The molecule has 2 aliphatic rings. The van der Waals surface area contributed by atoms with E-state index < -0.39 is 0 Å². The van der Waals surface area contributed by atoms with Gasteiger partial charge in [0.15, 0.2) is 5.69 Å². The highest BCUT2D eigenvalue weighted by molar-refractivity contribution is 7.05. The number of nitrogens with zero attached hydrogens (tertiary/aromatic N) is 5. The quantitative estimate of drug-likeness (QED) is 0.811. The minimum Gasteiger partial charge on any atom is -0.379 e. The van der Waals surface area contributed by atoms with E-state index in [1.54, 1.807) is 0 Å². The molecule has 2 aromatic rings. The molecular formula is C17H21N5O2S. The molecule has 4 rings (SSSR count). The van der Waals surface area contributed by atoms with Crippen LogP contribution in [0.1, 0.15) is 21.8 Å². The van der Waals surface area contributed by atoms with Crippen LogP contribution >= 0.6 is 11.5 Å². The zero-order valence-corrected chi connectivity index (χ0v) is 15.0. The number of hydrogen-bond donors (Lipinski definition) is 0. The van der Waals surface area contributed by atoms with Gasteiger partial charge in [-0.05, 0) is 37.0 Å². The van der Waals surface area contributed by atoms with Gasteiger partial charge in [0, 0.05) is 37.8 Å². The van der Waals surface area contributed by atoms with E-state index in [0.29, 0.717) is 32.0 Å². The Balaban J connectivity index is 1.52. The van der Waals surface area contributed by atoms with Crippen LogP contribution in [0.15, 0.2) is 24.4 Å². The summed E-state index contributed by atoms with van der Waals surface area (Å²) in [6.07, 6.45) is 2.80. The first-order valence-electron chi connectivity index (χ1n) is 8.49. The topological polar surface area (TPSA) is 71.5 Å². The molecule has 1 amide bonds. The molecule has 4 heterocycles. The minimum absolute atomic E-state index is 0.0348. The highest BCUT2D eigenvalue weighted by atomic mass is 32.1. The van der Waals surface area contributed by atoms with E-state index in [0.717, 1.165) is 30.2 Å². The Morgan fingerprint density at radius 3 is 3.00 bits per heavy atom. The highest BCUT2D eigenvalue weighted by Gasteiger charge is 2.43. The van der Waals surface area contributed by atoms with Crippen molar-refractivity contribution in [1.82, 2.24) is 19.5 Å². The lowest BCUT2D eigenvalue weighted by Gasteiger charge is -2.31. The molecule has 0 unspecified atom stereocenters. The lowest BCUT2D eigenvalue weighted by molar-refractivity contribution is 0.0685. The maximum absolute atomic E-state index is 12.9. The largest absolute Gasteiger partial charge is 0.379 e. The third-order valence-electron chi connectivity index (χ3n) is 4.99. The highest BCUT2D eigenvalue weighted by Crippen LogP contribution is 2.35. The molecule has 0 bridgehead atoms. The lowest BCUT2D eigenvalue weighted by Crippen LogP contribution is -2.43. The van der Waals surface area contributed by atoms with E-state index in [4.69, 9.17) is 4.74 Å². The van der Waals surface area contributed by atoms with Gasteiger partial charge < -0.3 is 14.5 Å². The molecule has 0 aliphatic carbocycles. The van der Waals surface area contributed by atoms with Crippen LogP contribution in [0, 0.1) is 12.3 Å². The number of anilines is 1. The number of hydrogen-bond acceptors (Lipinski definition) is 7. The predicted octanol–water partition coefficient (Wildman–Crippen LogP) is 1.61.